The second kappa shape index (κ2) is 6.94. The zero-order chi connectivity index (χ0) is 16.7. The molecule has 0 aliphatic carbocycles. The highest BCUT2D eigenvalue weighted by Gasteiger charge is 2.36. The molecule has 0 aliphatic rings. The van der Waals surface area contributed by atoms with E-state index < -0.39 is 17.2 Å². The van der Waals surface area contributed by atoms with Gasteiger partial charge in [-0.3, -0.25) is 0 Å². The molecule has 22 heavy (non-hydrogen) atoms. The smallest absolute Gasteiger partial charge is 0.125 e. The number of hydrogen-bond donors (Lipinski definition) is 2. The van der Waals surface area contributed by atoms with Crippen LogP contribution in [0.1, 0.15) is 11.1 Å². The zero-order valence-corrected chi connectivity index (χ0v) is 17.3. The second-order valence-corrected chi connectivity index (χ2v) is 8.08. The van der Waals surface area contributed by atoms with Gasteiger partial charge in [-0.1, -0.05) is 63.7 Å². The maximum absolute atomic E-state index is 13.5. The summed E-state index contributed by atoms with van der Waals surface area (Å²) >= 11 is 13.3. The highest BCUT2D eigenvalue weighted by atomic mass is 79.9. The molecule has 0 amide bonds. The summed E-state index contributed by atoms with van der Waals surface area (Å²) in [5, 5.41) is 0. The molecule has 0 aliphatic heterocycles. The van der Waals surface area contributed by atoms with Crippen LogP contribution in [0.2, 0.25) is 0 Å². The van der Waals surface area contributed by atoms with E-state index in [9.17, 15) is 8.78 Å². The Bertz CT molecular complexity index is 633. The van der Waals surface area contributed by atoms with Crippen molar-refractivity contribution in [2.75, 3.05) is 6.54 Å². The first-order chi connectivity index (χ1) is 10.2. The Morgan fingerprint density at radius 1 is 0.773 bits per heavy atom. The lowest BCUT2D eigenvalue weighted by Gasteiger charge is -2.33. The number of nitrogens with two attached hydrogens (primary N) is 2. The fourth-order valence-electron chi connectivity index (χ4n) is 2.27. The first-order valence-corrected chi connectivity index (χ1v) is 9.17. The number of halogens is 6. The van der Waals surface area contributed by atoms with E-state index in [2.05, 4.69) is 63.7 Å². The monoisotopic (exact) mass is 560 g/mol. The van der Waals surface area contributed by atoms with Crippen LogP contribution in [0.15, 0.2) is 42.2 Å². The molecule has 0 fully saturated rings. The van der Waals surface area contributed by atoms with Crippen LogP contribution in [0.3, 0.4) is 0 Å². The highest BCUT2D eigenvalue weighted by molar-refractivity contribution is 9.11. The molecular formula is C14H10Br4F2N2. The average Bonchev–Trinajstić information content (AvgIpc) is 2.35. The van der Waals surface area contributed by atoms with Gasteiger partial charge in [-0.15, -0.1) is 0 Å². The molecule has 2 nitrogen and oxygen atoms in total. The summed E-state index contributed by atoms with van der Waals surface area (Å²) in [6.07, 6.45) is 0. The van der Waals surface area contributed by atoms with Gasteiger partial charge in [0.1, 0.15) is 11.6 Å². The lowest BCUT2D eigenvalue weighted by molar-refractivity contribution is 0.534. The van der Waals surface area contributed by atoms with Crippen molar-refractivity contribution in [1.82, 2.24) is 0 Å². The van der Waals surface area contributed by atoms with Gasteiger partial charge in [0.15, 0.2) is 0 Å². The van der Waals surface area contributed by atoms with E-state index in [4.69, 9.17) is 11.5 Å². The van der Waals surface area contributed by atoms with Crippen molar-refractivity contribution in [3.63, 3.8) is 0 Å². The van der Waals surface area contributed by atoms with Crippen LogP contribution in [0.25, 0.3) is 0 Å². The van der Waals surface area contributed by atoms with Gasteiger partial charge in [0.2, 0.25) is 0 Å². The van der Waals surface area contributed by atoms with Crippen molar-refractivity contribution >= 4 is 63.7 Å². The zero-order valence-electron chi connectivity index (χ0n) is 10.9. The Kier molecular flexibility index (Phi) is 5.83. The van der Waals surface area contributed by atoms with Gasteiger partial charge in [-0.05, 0) is 24.3 Å². The summed E-state index contributed by atoms with van der Waals surface area (Å²) in [5.74, 6) is -0.835. The molecule has 2 aromatic rings. The largest absolute Gasteiger partial charge is 0.328 e. The minimum absolute atomic E-state index is 0.0265. The minimum atomic E-state index is -1.17. The van der Waals surface area contributed by atoms with Crippen LogP contribution < -0.4 is 11.5 Å². The molecular weight excluding hydrogens is 554 g/mol. The van der Waals surface area contributed by atoms with E-state index in [1.807, 2.05) is 0 Å². The molecule has 0 saturated heterocycles. The topological polar surface area (TPSA) is 52.0 Å². The first kappa shape index (κ1) is 18.5. The Morgan fingerprint density at radius 3 is 1.27 bits per heavy atom. The van der Waals surface area contributed by atoms with Gasteiger partial charge in [-0.25, -0.2) is 8.78 Å². The Balaban J connectivity index is 2.80. The lowest BCUT2D eigenvalue weighted by Crippen LogP contribution is -2.46. The molecule has 0 atom stereocenters. The van der Waals surface area contributed by atoms with E-state index >= 15 is 0 Å². The average molecular weight is 564 g/mol. The van der Waals surface area contributed by atoms with Crippen LogP contribution >= 0.6 is 63.7 Å². The van der Waals surface area contributed by atoms with Crippen LogP contribution in [-0.2, 0) is 5.54 Å². The van der Waals surface area contributed by atoms with Gasteiger partial charge in [0, 0.05) is 35.6 Å². The molecule has 4 N–H and O–H groups in total. The fourth-order valence-corrected chi connectivity index (χ4v) is 5.94. The van der Waals surface area contributed by atoms with Crippen LogP contribution in [0, 0.1) is 11.6 Å². The standard InChI is InChI=1S/C14H10Br4F2N2/c15-8-1-6(19)2-9(16)12(8)14(22,5-21)13-10(17)3-7(20)4-11(13)18/h1-4H,5,21-22H2. The van der Waals surface area contributed by atoms with E-state index in [-0.39, 0.29) is 6.54 Å². The number of rotatable bonds is 3. The van der Waals surface area contributed by atoms with Crippen molar-refractivity contribution < 1.29 is 8.78 Å². The molecule has 0 bridgehead atoms. The Labute approximate surface area is 160 Å². The predicted molar refractivity (Wildman–Crippen MR) is 97.6 cm³/mol. The summed E-state index contributed by atoms with van der Waals surface area (Å²) in [6.45, 7) is 0.0265. The third-order valence-corrected chi connectivity index (χ3v) is 5.73. The van der Waals surface area contributed by atoms with Crippen LogP contribution in [0.5, 0.6) is 0 Å². The van der Waals surface area contributed by atoms with Gasteiger partial charge in [-0.2, -0.15) is 0 Å². The Hall–Kier alpha value is 0.140. The summed E-state index contributed by atoms with van der Waals surface area (Å²) in [5.41, 5.74) is 12.5. The summed E-state index contributed by atoms with van der Waals surface area (Å²) in [6, 6.07) is 5.23. The molecule has 118 valence electrons. The van der Waals surface area contributed by atoms with Crippen molar-refractivity contribution in [2.45, 2.75) is 5.54 Å². The molecule has 0 aromatic heterocycles. The second-order valence-electron chi connectivity index (χ2n) is 4.66. The molecule has 2 aromatic carbocycles. The third-order valence-electron chi connectivity index (χ3n) is 3.23. The molecule has 2 rings (SSSR count). The van der Waals surface area contributed by atoms with Crippen molar-refractivity contribution in [2.24, 2.45) is 11.5 Å². The fraction of sp³-hybridized carbons (Fsp3) is 0.143. The summed E-state index contributed by atoms with van der Waals surface area (Å²) in [7, 11) is 0. The van der Waals surface area contributed by atoms with Crippen molar-refractivity contribution in [3.05, 3.63) is 64.9 Å². The predicted octanol–water partition coefficient (Wildman–Crippen LogP) is 5.18. The van der Waals surface area contributed by atoms with E-state index in [0.29, 0.717) is 29.0 Å². The SMILES string of the molecule is NCC(N)(c1c(Br)cc(F)cc1Br)c1c(Br)cc(F)cc1Br. The Morgan fingerprint density at radius 2 is 1.05 bits per heavy atom. The molecule has 0 spiro atoms. The normalized spacial score (nSPS) is 11.8. The van der Waals surface area contributed by atoms with E-state index in [1.54, 1.807) is 0 Å². The van der Waals surface area contributed by atoms with Gasteiger partial charge in [0.05, 0.1) is 5.54 Å². The molecule has 0 saturated carbocycles. The quantitative estimate of drug-likeness (QED) is 0.541. The highest BCUT2D eigenvalue weighted by Crippen LogP contribution is 2.43. The minimum Gasteiger partial charge on any atom is -0.328 e. The van der Waals surface area contributed by atoms with Gasteiger partial charge >= 0.3 is 0 Å². The first-order valence-electron chi connectivity index (χ1n) is 5.99. The molecule has 0 unspecified atom stereocenters. The molecule has 0 radical (unpaired) electrons. The summed E-state index contributed by atoms with van der Waals surface area (Å²) < 4.78 is 28.9. The van der Waals surface area contributed by atoms with Crippen LogP contribution in [-0.4, -0.2) is 6.54 Å². The third kappa shape index (κ3) is 3.32. The van der Waals surface area contributed by atoms with Crippen LogP contribution in [0.4, 0.5) is 8.78 Å². The maximum Gasteiger partial charge on any atom is 0.125 e. The van der Waals surface area contributed by atoms with Crippen molar-refractivity contribution in [1.29, 1.82) is 0 Å². The van der Waals surface area contributed by atoms with Gasteiger partial charge in [0.25, 0.3) is 0 Å². The number of hydrogen-bond acceptors (Lipinski definition) is 2. The molecule has 0 heterocycles. The lowest BCUT2D eigenvalue weighted by atomic mass is 9.83. The summed E-state index contributed by atoms with van der Waals surface area (Å²) in [4.78, 5) is 0. The van der Waals surface area contributed by atoms with E-state index in [0.717, 1.165) is 0 Å². The molecule has 8 heteroatoms. The van der Waals surface area contributed by atoms with Crippen molar-refractivity contribution in [3.8, 4) is 0 Å². The van der Waals surface area contributed by atoms with Gasteiger partial charge < -0.3 is 11.5 Å². The number of benzene rings is 2. The van der Waals surface area contributed by atoms with E-state index in [1.165, 1.54) is 24.3 Å². The maximum atomic E-state index is 13.5.